The van der Waals surface area contributed by atoms with Crippen molar-refractivity contribution in [3.63, 3.8) is 0 Å². The molecule has 0 aliphatic rings. The maximum Gasteiger partial charge on any atom is 0.221 e. The van der Waals surface area contributed by atoms with Crippen LogP contribution in [-0.2, 0) is 4.79 Å². The number of hydrogen-bond donors (Lipinski definition) is 0. The first-order valence-electron chi connectivity index (χ1n) is 4.21. The molecule has 0 fully saturated rings. The van der Waals surface area contributed by atoms with Crippen LogP contribution >= 0.6 is 34.4 Å². The van der Waals surface area contributed by atoms with Gasteiger partial charge in [-0.25, -0.2) is 4.98 Å². The molecule has 2 nitrogen and oxygen atoms in total. The van der Waals surface area contributed by atoms with Crippen LogP contribution in [-0.4, -0.2) is 15.9 Å². The molecule has 1 aromatic heterocycles. The van der Waals surface area contributed by atoms with E-state index in [0.717, 1.165) is 3.57 Å². The van der Waals surface area contributed by atoms with E-state index in [1.54, 1.807) is 18.2 Å². The summed E-state index contributed by atoms with van der Waals surface area (Å²) in [7, 11) is 0. The van der Waals surface area contributed by atoms with Crippen molar-refractivity contribution in [1.82, 2.24) is 4.98 Å². The maximum absolute atomic E-state index is 13.2. The van der Waals surface area contributed by atoms with Crippen LogP contribution in [0.3, 0.4) is 0 Å². The van der Waals surface area contributed by atoms with Gasteiger partial charge in [0, 0.05) is 28.0 Å². The average molecular weight is 337 g/mol. The van der Waals surface area contributed by atoms with E-state index < -0.39 is 5.95 Å². The zero-order valence-corrected chi connectivity index (χ0v) is 11.0. The van der Waals surface area contributed by atoms with E-state index >= 15 is 0 Å². The summed E-state index contributed by atoms with van der Waals surface area (Å²) < 4.78 is 14.0. The highest BCUT2D eigenvalue weighted by molar-refractivity contribution is 14.1. The van der Waals surface area contributed by atoms with Gasteiger partial charge in [0.05, 0.1) is 0 Å². The van der Waals surface area contributed by atoms with Crippen LogP contribution in [0.15, 0.2) is 18.3 Å². The fourth-order valence-electron chi connectivity index (χ4n) is 0.906. The molecule has 1 aromatic rings. The molecule has 0 saturated heterocycles. The first kappa shape index (κ1) is 12.6. The molecule has 1 heterocycles. The van der Waals surface area contributed by atoms with Crippen LogP contribution in [0, 0.1) is 9.52 Å². The lowest BCUT2D eigenvalue weighted by Crippen LogP contribution is -1.90. The van der Waals surface area contributed by atoms with E-state index in [4.69, 9.17) is 0 Å². The minimum Gasteiger partial charge on any atom is -0.288 e. The Kier molecular flexibility index (Phi) is 5.24. The summed E-state index contributed by atoms with van der Waals surface area (Å²) in [4.78, 5) is 14.2. The van der Waals surface area contributed by atoms with Crippen molar-refractivity contribution in [2.24, 2.45) is 0 Å². The molecule has 0 aromatic carbocycles. The molecular weight excluding hydrogens is 328 g/mol. The number of halogens is 2. The highest BCUT2D eigenvalue weighted by atomic mass is 127. The Bertz CT molecular complexity index is 375. The van der Waals surface area contributed by atoms with Crippen LogP contribution in [0.1, 0.15) is 12.5 Å². The second kappa shape index (κ2) is 6.22. The van der Waals surface area contributed by atoms with Gasteiger partial charge in [0.1, 0.15) is 0 Å². The van der Waals surface area contributed by atoms with E-state index in [2.05, 4.69) is 4.98 Å². The van der Waals surface area contributed by atoms with Crippen molar-refractivity contribution in [1.29, 1.82) is 0 Å². The predicted octanol–water partition coefficient (Wildman–Crippen LogP) is 3.12. The number of pyridine rings is 1. The van der Waals surface area contributed by atoms with E-state index in [1.165, 1.54) is 24.9 Å². The highest BCUT2D eigenvalue weighted by Crippen LogP contribution is 2.15. The minimum atomic E-state index is -0.481. The summed E-state index contributed by atoms with van der Waals surface area (Å²) in [5.74, 6) is 0.0747. The fourth-order valence-corrected chi connectivity index (χ4v) is 1.90. The van der Waals surface area contributed by atoms with Gasteiger partial charge in [-0.05, 0) is 28.7 Å². The number of hydrogen-bond acceptors (Lipinski definition) is 3. The van der Waals surface area contributed by atoms with E-state index in [1.807, 2.05) is 22.6 Å². The predicted molar refractivity (Wildman–Crippen MR) is 69.1 cm³/mol. The highest BCUT2D eigenvalue weighted by Gasteiger charge is 2.03. The molecule has 0 N–H and O–H groups in total. The summed E-state index contributed by atoms with van der Waals surface area (Å²) in [5, 5.41) is 0.0565. The standard InChI is InChI=1S/C10H9FINOS/c1-7(14)15-6-2-3-8-9(12)4-5-13-10(8)11/h2-5H,6H2,1H3. The molecule has 0 spiro atoms. The van der Waals surface area contributed by atoms with Gasteiger partial charge in [-0.1, -0.05) is 23.9 Å². The Labute approximate surface area is 105 Å². The van der Waals surface area contributed by atoms with Crippen molar-refractivity contribution in [2.45, 2.75) is 6.92 Å². The zero-order valence-electron chi connectivity index (χ0n) is 8.04. The second-order valence-corrected chi connectivity index (χ2v) is 5.06. The van der Waals surface area contributed by atoms with Crippen molar-refractivity contribution in [3.05, 3.63) is 33.4 Å². The van der Waals surface area contributed by atoms with Crippen molar-refractivity contribution in [3.8, 4) is 0 Å². The van der Waals surface area contributed by atoms with Gasteiger partial charge >= 0.3 is 0 Å². The molecule has 0 aliphatic heterocycles. The lowest BCUT2D eigenvalue weighted by Gasteiger charge is -1.98. The Hall–Kier alpha value is -0.430. The van der Waals surface area contributed by atoms with E-state index in [9.17, 15) is 9.18 Å². The Morgan fingerprint density at radius 1 is 1.73 bits per heavy atom. The van der Waals surface area contributed by atoms with Crippen LogP contribution < -0.4 is 0 Å². The van der Waals surface area contributed by atoms with Gasteiger partial charge < -0.3 is 0 Å². The number of carbonyl (C=O) groups is 1. The van der Waals surface area contributed by atoms with Gasteiger partial charge in [-0.3, -0.25) is 4.79 Å². The minimum absolute atomic E-state index is 0.0565. The SMILES string of the molecule is CC(=O)SCC=Cc1c(I)ccnc1F. The van der Waals surface area contributed by atoms with Gasteiger partial charge in [-0.2, -0.15) is 4.39 Å². The molecule has 80 valence electrons. The normalized spacial score (nSPS) is 10.9. The number of nitrogens with zero attached hydrogens (tertiary/aromatic N) is 1. The molecule has 0 radical (unpaired) electrons. The number of rotatable bonds is 3. The number of carbonyl (C=O) groups excluding carboxylic acids is 1. The molecule has 0 bridgehead atoms. The molecule has 15 heavy (non-hydrogen) atoms. The third kappa shape index (κ3) is 4.29. The molecule has 0 atom stereocenters. The number of thioether (sulfide) groups is 1. The first-order chi connectivity index (χ1) is 7.11. The summed E-state index contributed by atoms with van der Waals surface area (Å²) >= 11 is 3.24. The van der Waals surface area contributed by atoms with Gasteiger partial charge in [0.25, 0.3) is 0 Å². The smallest absolute Gasteiger partial charge is 0.221 e. The van der Waals surface area contributed by atoms with Crippen LogP contribution in [0.25, 0.3) is 6.08 Å². The van der Waals surface area contributed by atoms with Crippen LogP contribution in [0.2, 0.25) is 0 Å². The molecule has 0 aliphatic carbocycles. The zero-order chi connectivity index (χ0) is 11.3. The molecule has 0 amide bonds. The quantitative estimate of drug-likeness (QED) is 0.627. The molecule has 0 saturated carbocycles. The maximum atomic E-state index is 13.2. The van der Waals surface area contributed by atoms with Gasteiger partial charge in [-0.15, -0.1) is 0 Å². The monoisotopic (exact) mass is 337 g/mol. The molecular formula is C10H9FINOS. The van der Waals surface area contributed by atoms with Crippen molar-refractivity contribution >= 4 is 45.5 Å². The molecule has 0 unspecified atom stereocenters. The fraction of sp³-hybridized carbons (Fsp3) is 0.200. The van der Waals surface area contributed by atoms with E-state index in [-0.39, 0.29) is 5.12 Å². The van der Waals surface area contributed by atoms with Crippen molar-refractivity contribution in [2.75, 3.05) is 5.75 Å². The second-order valence-electron chi connectivity index (χ2n) is 2.70. The summed E-state index contributed by atoms with van der Waals surface area (Å²) in [5.41, 5.74) is 0.474. The van der Waals surface area contributed by atoms with E-state index in [0.29, 0.717) is 11.3 Å². The van der Waals surface area contributed by atoms with Crippen LogP contribution in [0.4, 0.5) is 4.39 Å². The largest absolute Gasteiger partial charge is 0.288 e. The van der Waals surface area contributed by atoms with Gasteiger partial charge in [0.2, 0.25) is 5.95 Å². The average Bonchev–Trinajstić information content (AvgIpc) is 2.15. The Morgan fingerprint density at radius 2 is 2.47 bits per heavy atom. The third-order valence-electron chi connectivity index (χ3n) is 1.56. The Morgan fingerprint density at radius 3 is 3.07 bits per heavy atom. The van der Waals surface area contributed by atoms with Gasteiger partial charge in [0.15, 0.2) is 5.12 Å². The summed E-state index contributed by atoms with van der Waals surface area (Å²) in [6.45, 7) is 1.51. The summed E-state index contributed by atoms with van der Waals surface area (Å²) in [6.07, 6.45) is 4.84. The molecule has 1 rings (SSSR count). The summed E-state index contributed by atoms with van der Waals surface area (Å²) in [6, 6.07) is 1.74. The van der Waals surface area contributed by atoms with Crippen molar-refractivity contribution < 1.29 is 9.18 Å². The first-order valence-corrected chi connectivity index (χ1v) is 6.27. The topological polar surface area (TPSA) is 30.0 Å². The van der Waals surface area contributed by atoms with Crippen LogP contribution in [0.5, 0.6) is 0 Å². The Balaban J connectivity index is 2.67. The lowest BCUT2D eigenvalue weighted by atomic mass is 10.2. The lowest BCUT2D eigenvalue weighted by molar-refractivity contribution is -0.109. The number of aromatic nitrogens is 1. The molecule has 5 heteroatoms. The third-order valence-corrected chi connectivity index (χ3v) is 3.26.